The summed E-state index contributed by atoms with van der Waals surface area (Å²) in [5, 5.41) is 4.07. The standard InChI is InChI=1S/C18H16NO8PS.2Na/c1-23-13-4-3-10(7-16(13)29-28(20,21)22)12-8-27-19-17(12)11-5-14(24-2)18-15(6-11)25-9-26-18;;/h3-8H,9H2,1-2H3,(H2,20,21,22);;/q;2*+1/p-2. The van der Waals surface area contributed by atoms with Crippen LogP contribution in [0.15, 0.2) is 46.0 Å². The summed E-state index contributed by atoms with van der Waals surface area (Å²) >= 11 is 0.199. The van der Waals surface area contributed by atoms with Crippen LogP contribution in [0.3, 0.4) is 0 Å². The molecule has 0 spiro atoms. The van der Waals surface area contributed by atoms with Crippen LogP contribution in [0.4, 0.5) is 0 Å². The Balaban J connectivity index is 0.00000171. The molecule has 9 nitrogen and oxygen atoms in total. The van der Waals surface area contributed by atoms with Crippen molar-refractivity contribution in [2.75, 3.05) is 21.0 Å². The van der Waals surface area contributed by atoms with Gasteiger partial charge in [-0.15, -0.1) is 0 Å². The zero-order valence-electron chi connectivity index (χ0n) is 17.2. The molecule has 0 N–H and O–H groups in total. The summed E-state index contributed by atoms with van der Waals surface area (Å²) in [6.45, 7) is -4.78. The van der Waals surface area contributed by atoms with Crippen LogP contribution in [-0.2, 0) is 4.57 Å². The maximum absolute atomic E-state index is 11.2. The summed E-state index contributed by atoms with van der Waals surface area (Å²) in [6, 6.07) is 8.30. The topological polar surface area (TPSA) is 126 Å². The van der Waals surface area contributed by atoms with Crippen molar-refractivity contribution >= 4 is 18.2 Å². The van der Waals surface area contributed by atoms with Crippen molar-refractivity contribution in [3.63, 3.8) is 0 Å². The molecule has 0 atom stereocenters. The first-order valence-corrected chi connectivity index (χ1v) is 11.2. The van der Waals surface area contributed by atoms with E-state index in [1.807, 2.05) is 0 Å². The van der Waals surface area contributed by atoms with Gasteiger partial charge < -0.3 is 37.8 Å². The fourth-order valence-corrected chi connectivity index (χ4v) is 4.76. The monoisotopic (exact) mass is 481 g/mol. The van der Waals surface area contributed by atoms with E-state index in [0.717, 1.165) is 0 Å². The van der Waals surface area contributed by atoms with Gasteiger partial charge in [-0.2, -0.15) is 0 Å². The van der Waals surface area contributed by atoms with Gasteiger partial charge in [-0.1, -0.05) is 22.6 Å². The zero-order valence-corrected chi connectivity index (χ0v) is 23.0. The second-order valence-electron chi connectivity index (χ2n) is 5.89. The number of rotatable bonds is 6. The maximum Gasteiger partial charge on any atom is 1.00 e. The van der Waals surface area contributed by atoms with E-state index in [1.165, 1.54) is 26.5 Å². The molecule has 0 saturated heterocycles. The first-order chi connectivity index (χ1) is 13.9. The third-order valence-corrected chi connectivity index (χ3v) is 6.19. The van der Waals surface area contributed by atoms with Gasteiger partial charge in [-0.3, -0.25) is 0 Å². The van der Waals surface area contributed by atoms with Gasteiger partial charge in [-0.05, 0) is 36.6 Å². The van der Waals surface area contributed by atoms with Crippen LogP contribution < -0.4 is 87.8 Å². The van der Waals surface area contributed by atoms with E-state index in [2.05, 4.69) is 5.16 Å². The van der Waals surface area contributed by atoms with E-state index < -0.39 is 6.80 Å². The number of hydrogen-bond acceptors (Lipinski definition) is 10. The molecule has 0 unspecified atom stereocenters. The Labute approximate surface area is 226 Å². The quantitative estimate of drug-likeness (QED) is 0.261. The van der Waals surface area contributed by atoms with Crippen LogP contribution in [0.25, 0.3) is 22.4 Å². The molecule has 3 aromatic rings. The Kier molecular flexibility index (Phi) is 9.42. The first-order valence-electron chi connectivity index (χ1n) is 8.22. The van der Waals surface area contributed by atoms with Gasteiger partial charge in [0, 0.05) is 11.1 Å². The second-order valence-corrected chi connectivity index (χ2v) is 9.30. The fraction of sp³-hybridized carbons (Fsp3) is 0.167. The molecular formula is C18H14NNa2O8PS. The summed E-state index contributed by atoms with van der Waals surface area (Å²) < 4.78 is 37.8. The van der Waals surface area contributed by atoms with Crippen molar-refractivity contribution in [1.82, 2.24) is 5.16 Å². The molecule has 1 aromatic heterocycles. The number of aromatic nitrogens is 1. The van der Waals surface area contributed by atoms with Crippen LogP contribution in [0.1, 0.15) is 0 Å². The summed E-state index contributed by atoms with van der Waals surface area (Å²) in [5.41, 5.74) is 2.31. The van der Waals surface area contributed by atoms with E-state index in [9.17, 15) is 14.4 Å². The second kappa shape index (κ2) is 11.0. The minimum atomic E-state index is -4.86. The van der Waals surface area contributed by atoms with Gasteiger partial charge in [0.15, 0.2) is 11.5 Å². The normalized spacial score (nSPS) is 12.0. The smallest absolute Gasteiger partial charge is 0.803 e. The number of benzene rings is 2. The van der Waals surface area contributed by atoms with E-state index in [0.29, 0.717) is 39.6 Å². The summed E-state index contributed by atoms with van der Waals surface area (Å²) in [7, 11) is 2.91. The zero-order chi connectivity index (χ0) is 20.6. The average molecular weight is 481 g/mol. The Bertz CT molecular complexity index is 1120. The Morgan fingerprint density at radius 3 is 2.45 bits per heavy atom. The van der Waals surface area contributed by atoms with Gasteiger partial charge >= 0.3 is 59.1 Å². The van der Waals surface area contributed by atoms with E-state index in [4.69, 9.17) is 23.5 Å². The Hall–Kier alpha value is -0.650. The molecule has 0 amide bonds. The molecule has 0 radical (unpaired) electrons. The van der Waals surface area contributed by atoms with E-state index >= 15 is 0 Å². The number of hydrogen-bond donors (Lipinski definition) is 0. The maximum atomic E-state index is 11.2. The molecule has 1 aliphatic rings. The van der Waals surface area contributed by atoms with E-state index in [1.54, 1.807) is 24.3 Å². The van der Waals surface area contributed by atoms with Crippen molar-refractivity contribution < 1.29 is 96.9 Å². The van der Waals surface area contributed by atoms with E-state index in [-0.39, 0.29) is 87.9 Å². The van der Waals surface area contributed by atoms with Crippen molar-refractivity contribution in [1.29, 1.82) is 0 Å². The van der Waals surface area contributed by atoms with Crippen LogP contribution in [-0.4, -0.2) is 26.2 Å². The number of ether oxygens (including phenoxy) is 4. The average Bonchev–Trinajstić information content (AvgIpc) is 3.35. The SMILES string of the molecule is COc1ccc(-c2conc2-c2cc(OC)c3c(c2)OCO3)cc1SP(=O)([O-])[O-].[Na+].[Na+]. The Morgan fingerprint density at radius 2 is 1.77 bits per heavy atom. The minimum Gasteiger partial charge on any atom is -0.803 e. The predicted molar refractivity (Wildman–Crippen MR) is 100 cm³/mol. The van der Waals surface area contributed by atoms with Crippen molar-refractivity contribution in [3.8, 4) is 45.4 Å². The third kappa shape index (κ3) is 5.83. The van der Waals surface area contributed by atoms with Crippen LogP contribution in [0, 0.1) is 0 Å². The first kappa shape index (κ1) is 26.6. The van der Waals surface area contributed by atoms with Crippen molar-refractivity contribution in [3.05, 3.63) is 36.6 Å². The van der Waals surface area contributed by atoms with Crippen molar-refractivity contribution in [2.45, 2.75) is 4.90 Å². The molecule has 0 bridgehead atoms. The Morgan fingerprint density at radius 1 is 1.03 bits per heavy atom. The van der Waals surface area contributed by atoms with Crippen LogP contribution in [0.2, 0.25) is 0 Å². The molecule has 1 aliphatic heterocycles. The van der Waals surface area contributed by atoms with Gasteiger partial charge in [0.2, 0.25) is 12.5 Å². The minimum absolute atomic E-state index is 0. The molecule has 4 rings (SSSR count). The number of nitrogens with zero attached hydrogens (tertiary/aromatic N) is 1. The van der Waals surface area contributed by atoms with Crippen LogP contribution in [0.5, 0.6) is 23.0 Å². The van der Waals surface area contributed by atoms with Gasteiger partial charge in [0.05, 0.1) is 19.1 Å². The molecule has 0 aliphatic carbocycles. The number of fused-ring (bicyclic) bond motifs is 1. The molecule has 2 aromatic carbocycles. The third-order valence-electron chi connectivity index (χ3n) is 4.19. The summed E-state index contributed by atoms with van der Waals surface area (Å²) in [5.74, 6) is 1.77. The molecule has 31 heavy (non-hydrogen) atoms. The molecule has 152 valence electrons. The molecule has 2 heterocycles. The molecular weight excluding hydrogens is 467 g/mol. The fourth-order valence-electron chi connectivity index (χ4n) is 2.95. The van der Waals surface area contributed by atoms with Gasteiger partial charge in [0.25, 0.3) is 0 Å². The summed E-state index contributed by atoms with van der Waals surface area (Å²) in [4.78, 5) is 22.7. The predicted octanol–water partition coefficient (Wildman–Crippen LogP) is -3.32. The largest absolute Gasteiger partial charge is 1.00 e. The van der Waals surface area contributed by atoms with Gasteiger partial charge in [-0.25, -0.2) is 0 Å². The molecule has 0 fully saturated rings. The number of methoxy groups -OCH3 is 2. The molecule has 13 heteroatoms. The van der Waals surface area contributed by atoms with Crippen LogP contribution >= 0.6 is 18.2 Å². The van der Waals surface area contributed by atoms with Crippen molar-refractivity contribution in [2.24, 2.45) is 0 Å². The van der Waals surface area contributed by atoms with Gasteiger partial charge in [0.1, 0.15) is 17.7 Å². The summed E-state index contributed by atoms with van der Waals surface area (Å²) in [6.07, 6.45) is 1.43. The molecule has 0 saturated carbocycles.